The monoisotopic (exact) mass is 312 g/mol. The van der Waals surface area contributed by atoms with Crippen molar-refractivity contribution in [2.45, 2.75) is 0 Å². The molecule has 2 rings (SSSR count). The van der Waals surface area contributed by atoms with Crippen LogP contribution < -0.4 is 68.3 Å². The van der Waals surface area contributed by atoms with E-state index in [4.69, 9.17) is 17.9 Å². The molecule has 18 heavy (non-hydrogen) atoms. The van der Waals surface area contributed by atoms with E-state index in [1.165, 1.54) is 0 Å². The summed E-state index contributed by atoms with van der Waals surface area (Å²) in [5.41, 5.74) is 0.822. The molecule has 2 N–H and O–H groups in total. The number of benzene rings is 2. The van der Waals surface area contributed by atoms with Gasteiger partial charge in [-0.3, -0.25) is 0 Å². The van der Waals surface area contributed by atoms with Crippen molar-refractivity contribution in [1.82, 2.24) is 0 Å². The maximum Gasteiger partial charge on any atom is 1.00 e. The minimum absolute atomic E-state index is 0. The molecular formula is C12H13B2O3Rb. The first-order chi connectivity index (χ1) is 8.18. The van der Waals surface area contributed by atoms with Crippen molar-refractivity contribution in [3.8, 4) is 5.75 Å². The molecule has 0 heterocycles. The summed E-state index contributed by atoms with van der Waals surface area (Å²) < 4.78 is 4.53. The summed E-state index contributed by atoms with van der Waals surface area (Å²) in [5, 5.41) is 16.7. The van der Waals surface area contributed by atoms with Crippen molar-refractivity contribution in [1.29, 1.82) is 0 Å². The van der Waals surface area contributed by atoms with Crippen LogP contribution >= 0.6 is 0 Å². The SMILES string of the molecule is OB(O)Oc1ccccc1.[B]c1ccccc1.[H-].[Rb+]. The number of para-hydroxylation sites is 1. The maximum absolute atomic E-state index is 8.34. The fraction of sp³-hybridized carbons (Fsp3) is 0. The topological polar surface area (TPSA) is 49.7 Å². The quantitative estimate of drug-likeness (QED) is 0.610. The summed E-state index contributed by atoms with van der Waals surface area (Å²) in [7, 11) is 3.62. The Morgan fingerprint density at radius 2 is 1.33 bits per heavy atom. The van der Waals surface area contributed by atoms with Crippen LogP contribution in [0.3, 0.4) is 0 Å². The molecule has 3 nitrogen and oxygen atoms in total. The molecule has 2 aromatic carbocycles. The molecule has 6 heteroatoms. The summed E-state index contributed by atoms with van der Waals surface area (Å²) in [6.07, 6.45) is 0. The van der Waals surface area contributed by atoms with Crippen LogP contribution in [0.2, 0.25) is 0 Å². The van der Waals surface area contributed by atoms with E-state index in [1.807, 2.05) is 36.4 Å². The van der Waals surface area contributed by atoms with Gasteiger partial charge in [-0.05, 0) is 12.1 Å². The molecule has 0 aliphatic carbocycles. The fourth-order valence-electron chi connectivity index (χ4n) is 1.07. The van der Waals surface area contributed by atoms with Gasteiger partial charge in [0, 0.05) is 0 Å². The fourth-order valence-corrected chi connectivity index (χ4v) is 1.07. The molecule has 0 fully saturated rings. The van der Waals surface area contributed by atoms with E-state index in [2.05, 4.69) is 4.65 Å². The second kappa shape index (κ2) is 11.0. The van der Waals surface area contributed by atoms with Gasteiger partial charge in [0.1, 0.15) is 13.6 Å². The van der Waals surface area contributed by atoms with Gasteiger partial charge in [-0.15, -0.1) is 0 Å². The number of hydrogen-bond acceptors (Lipinski definition) is 3. The van der Waals surface area contributed by atoms with Gasteiger partial charge >= 0.3 is 65.5 Å². The predicted molar refractivity (Wildman–Crippen MR) is 70.2 cm³/mol. The van der Waals surface area contributed by atoms with Gasteiger partial charge in [0.25, 0.3) is 0 Å². The van der Waals surface area contributed by atoms with Crippen LogP contribution in [0.4, 0.5) is 0 Å². The zero-order chi connectivity index (χ0) is 12.5. The first-order valence-electron chi connectivity index (χ1n) is 5.07. The van der Waals surface area contributed by atoms with Gasteiger partial charge in [-0.25, -0.2) is 0 Å². The van der Waals surface area contributed by atoms with Gasteiger partial charge in [0.15, 0.2) is 0 Å². The maximum atomic E-state index is 8.34. The molecule has 0 unspecified atom stereocenters. The van der Waals surface area contributed by atoms with E-state index in [9.17, 15) is 0 Å². The van der Waals surface area contributed by atoms with Crippen LogP contribution in [0.15, 0.2) is 60.7 Å². The number of rotatable bonds is 2. The predicted octanol–water partition coefficient (Wildman–Crippen LogP) is -2.37. The molecule has 0 aliphatic heterocycles. The molecule has 0 bridgehead atoms. The van der Waals surface area contributed by atoms with Crippen LogP contribution in [0, 0.1) is 0 Å². The summed E-state index contributed by atoms with van der Waals surface area (Å²) in [5.74, 6) is 0.442. The van der Waals surface area contributed by atoms with Crippen LogP contribution in [0.25, 0.3) is 0 Å². The molecule has 0 amide bonds. The third kappa shape index (κ3) is 9.08. The average molecular weight is 312 g/mol. The summed E-state index contributed by atoms with van der Waals surface area (Å²) in [6, 6.07) is 18.1. The molecular weight excluding hydrogens is 299 g/mol. The second-order valence-electron chi connectivity index (χ2n) is 3.17. The van der Waals surface area contributed by atoms with Crippen molar-refractivity contribution in [3.63, 3.8) is 0 Å². The molecule has 0 atom stereocenters. The Morgan fingerprint density at radius 3 is 1.67 bits per heavy atom. The molecule has 2 radical (unpaired) electrons. The van der Waals surface area contributed by atoms with Crippen LogP contribution in [-0.4, -0.2) is 25.2 Å². The molecule has 2 aromatic rings. The van der Waals surface area contributed by atoms with Crippen molar-refractivity contribution in [3.05, 3.63) is 60.7 Å². The van der Waals surface area contributed by atoms with Crippen LogP contribution in [-0.2, 0) is 0 Å². The third-order valence-corrected chi connectivity index (χ3v) is 1.78. The van der Waals surface area contributed by atoms with E-state index in [0.717, 1.165) is 5.46 Å². The molecule has 0 aromatic heterocycles. The van der Waals surface area contributed by atoms with E-state index in [1.54, 1.807) is 24.3 Å². The smallest absolute Gasteiger partial charge is 1.00 e. The van der Waals surface area contributed by atoms with Gasteiger partial charge < -0.3 is 16.1 Å². The Morgan fingerprint density at radius 1 is 0.889 bits per heavy atom. The second-order valence-corrected chi connectivity index (χ2v) is 3.17. The number of hydrogen-bond donors (Lipinski definition) is 2. The van der Waals surface area contributed by atoms with E-state index in [-0.39, 0.29) is 59.6 Å². The Labute approximate surface area is 159 Å². The van der Waals surface area contributed by atoms with E-state index in [0.29, 0.717) is 5.75 Å². The van der Waals surface area contributed by atoms with Gasteiger partial charge in [-0.2, -0.15) is 0 Å². The Kier molecular flexibility index (Phi) is 11.0. The van der Waals surface area contributed by atoms with Gasteiger partial charge in [-0.1, -0.05) is 54.0 Å². The Bertz CT molecular complexity index is 418. The largest absolute Gasteiger partial charge is 1.00 e. The zero-order valence-corrected chi connectivity index (χ0v) is 15.1. The van der Waals surface area contributed by atoms with Crippen molar-refractivity contribution in [2.24, 2.45) is 0 Å². The Balaban J connectivity index is 0. The van der Waals surface area contributed by atoms with E-state index < -0.39 is 7.32 Å². The molecule has 0 saturated heterocycles. The molecule has 0 saturated carbocycles. The standard InChI is InChI=1S/C6H7BO3.C6H5B.Rb.H/c8-7(9)10-6-4-2-1-3-5-6;7-6-4-2-1-3-5-6;;/h1-5,8-9H;1-5H;;/q;;+1;-1. The van der Waals surface area contributed by atoms with E-state index >= 15 is 0 Å². The zero-order valence-electron chi connectivity index (χ0n) is 11.2. The summed E-state index contributed by atoms with van der Waals surface area (Å²) in [4.78, 5) is 0. The Hall–Kier alpha value is 0.0951. The summed E-state index contributed by atoms with van der Waals surface area (Å²) in [6.45, 7) is 0. The first-order valence-corrected chi connectivity index (χ1v) is 5.07. The first kappa shape index (κ1) is 18.1. The normalized spacial score (nSPS) is 8.33. The van der Waals surface area contributed by atoms with Gasteiger partial charge in [0.05, 0.1) is 0 Å². The molecule has 0 spiro atoms. The van der Waals surface area contributed by atoms with Crippen LogP contribution in [0.5, 0.6) is 5.75 Å². The van der Waals surface area contributed by atoms with Crippen molar-refractivity contribution < 1.29 is 74.3 Å². The molecule has 0 aliphatic rings. The third-order valence-electron chi connectivity index (χ3n) is 1.78. The average Bonchev–Trinajstić information content (AvgIpc) is 2.31. The minimum atomic E-state index is -1.73. The summed E-state index contributed by atoms with van der Waals surface area (Å²) >= 11 is 0. The van der Waals surface area contributed by atoms with Crippen molar-refractivity contribution >= 4 is 20.6 Å². The van der Waals surface area contributed by atoms with Crippen molar-refractivity contribution in [2.75, 3.05) is 0 Å². The molecule has 86 valence electrons. The van der Waals surface area contributed by atoms with Gasteiger partial charge in [0.2, 0.25) is 0 Å². The minimum Gasteiger partial charge on any atom is -1.00 e. The van der Waals surface area contributed by atoms with Crippen LogP contribution in [0.1, 0.15) is 1.43 Å².